The molecular formula is C25H19ClN4O3S. The summed E-state index contributed by atoms with van der Waals surface area (Å²) in [5.74, 6) is 0.511. The fourth-order valence-electron chi connectivity index (χ4n) is 3.62. The molecule has 5 rings (SSSR count). The topological polar surface area (TPSA) is 88.3 Å². The quantitative estimate of drug-likeness (QED) is 0.424. The normalized spacial score (nSPS) is 12.6. The molecule has 0 atom stereocenters. The Bertz CT molecular complexity index is 1390. The Morgan fingerprint density at radius 2 is 1.88 bits per heavy atom. The van der Waals surface area contributed by atoms with E-state index in [9.17, 15) is 9.59 Å². The first-order chi connectivity index (χ1) is 16.5. The van der Waals surface area contributed by atoms with E-state index in [0.29, 0.717) is 22.3 Å². The molecule has 0 bridgehead atoms. The number of nitrogens with zero attached hydrogens (tertiary/aromatic N) is 3. The van der Waals surface area contributed by atoms with Gasteiger partial charge in [-0.15, -0.1) is 0 Å². The molecule has 1 aliphatic heterocycles. The number of carbonyl (C=O) groups is 2. The van der Waals surface area contributed by atoms with Crippen LogP contribution in [-0.2, 0) is 17.8 Å². The third-order valence-corrected chi connectivity index (χ3v) is 6.78. The van der Waals surface area contributed by atoms with Gasteiger partial charge in [-0.25, -0.2) is 0 Å². The highest BCUT2D eigenvalue weighted by molar-refractivity contribution is 7.99. The predicted octanol–water partition coefficient (Wildman–Crippen LogP) is 4.99. The fourth-order valence-corrected chi connectivity index (χ4v) is 4.89. The van der Waals surface area contributed by atoms with Gasteiger partial charge in [0, 0.05) is 27.4 Å². The molecule has 0 unspecified atom stereocenters. The number of carbonyl (C=O) groups excluding carboxylic acids is 2. The van der Waals surface area contributed by atoms with Crippen molar-refractivity contribution in [3.8, 4) is 11.4 Å². The summed E-state index contributed by atoms with van der Waals surface area (Å²) in [7, 11) is 1.77. The minimum atomic E-state index is -0.158. The van der Waals surface area contributed by atoms with Crippen molar-refractivity contribution < 1.29 is 14.1 Å². The third kappa shape index (κ3) is 4.55. The molecule has 0 saturated heterocycles. The van der Waals surface area contributed by atoms with Crippen LogP contribution in [0.3, 0.4) is 0 Å². The molecule has 3 aromatic carbocycles. The molecule has 1 aromatic heterocycles. The molecule has 7 nitrogen and oxygen atoms in total. The van der Waals surface area contributed by atoms with E-state index in [0.717, 1.165) is 26.6 Å². The molecule has 0 saturated carbocycles. The predicted molar refractivity (Wildman–Crippen MR) is 130 cm³/mol. The second-order valence-corrected chi connectivity index (χ2v) is 9.26. The van der Waals surface area contributed by atoms with E-state index in [1.807, 2.05) is 54.6 Å². The van der Waals surface area contributed by atoms with Gasteiger partial charge in [0.1, 0.15) is 0 Å². The van der Waals surface area contributed by atoms with Gasteiger partial charge in [0.25, 0.3) is 5.91 Å². The zero-order valence-corrected chi connectivity index (χ0v) is 19.7. The Hall–Kier alpha value is -3.62. The Morgan fingerprint density at radius 3 is 2.71 bits per heavy atom. The number of hydrogen-bond donors (Lipinski definition) is 1. The Morgan fingerprint density at radius 1 is 1.09 bits per heavy atom. The van der Waals surface area contributed by atoms with Crippen LogP contribution in [0.2, 0.25) is 5.02 Å². The van der Waals surface area contributed by atoms with E-state index in [1.165, 1.54) is 11.8 Å². The molecule has 4 aromatic rings. The highest BCUT2D eigenvalue weighted by atomic mass is 35.5. The SMILES string of the molecule is CN1C(=O)c2ccccc2Sc2cc(-c3noc(CNC(=O)Cc4ccc(Cl)cc4)n3)ccc21. The molecule has 0 fully saturated rings. The number of anilines is 1. The average Bonchev–Trinajstić information content (AvgIpc) is 3.29. The van der Waals surface area contributed by atoms with E-state index in [1.54, 1.807) is 24.1 Å². The lowest BCUT2D eigenvalue weighted by Crippen LogP contribution is -2.25. The number of rotatable bonds is 5. The standard InChI is InChI=1S/C25H19ClN4O3S/c1-30-19-11-8-16(13-21(19)34-20-5-3-2-4-18(20)25(30)32)24-28-23(33-29-24)14-27-22(31)12-15-6-9-17(26)10-7-15/h2-11,13H,12,14H2,1H3,(H,27,31). The monoisotopic (exact) mass is 490 g/mol. The van der Waals surface area contributed by atoms with Gasteiger partial charge in [-0.1, -0.05) is 52.8 Å². The summed E-state index contributed by atoms with van der Waals surface area (Å²) in [6, 6.07) is 20.4. The molecule has 2 amide bonds. The zero-order chi connectivity index (χ0) is 23.7. The molecule has 1 N–H and O–H groups in total. The highest BCUT2D eigenvalue weighted by Crippen LogP contribution is 2.42. The number of halogens is 1. The molecule has 9 heteroatoms. The number of hydrogen-bond acceptors (Lipinski definition) is 6. The van der Waals surface area contributed by atoms with Gasteiger partial charge in [0.05, 0.1) is 24.2 Å². The van der Waals surface area contributed by atoms with Crippen LogP contribution in [0.1, 0.15) is 21.8 Å². The molecule has 34 heavy (non-hydrogen) atoms. The lowest BCUT2D eigenvalue weighted by atomic mass is 10.1. The van der Waals surface area contributed by atoms with Gasteiger partial charge in [-0.3, -0.25) is 9.59 Å². The van der Waals surface area contributed by atoms with E-state index < -0.39 is 0 Å². The van der Waals surface area contributed by atoms with E-state index >= 15 is 0 Å². The lowest BCUT2D eigenvalue weighted by molar-refractivity contribution is -0.120. The maximum Gasteiger partial charge on any atom is 0.259 e. The summed E-state index contributed by atoms with van der Waals surface area (Å²) >= 11 is 7.41. The highest BCUT2D eigenvalue weighted by Gasteiger charge is 2.25. The number of fused-ring (bicyclic) bond motifs is 2. The van der Waals surface area contributed by atoms with Gasteiger partial charge in [-0.05, 0) is 48.0 Å². The average molecular weight is 491 g/mol. The second kappa shape index (κ2) is 9.32. The minimum absolute atomic E-state index is 0.0502. The zero-order valence-electron chi connectivity index (χ0n) is 18.1. The van der Waals surface area contributed by atoms with E-state index in [-0.39, 0.29) is 24.8 Å². The van der Waals surface area contributed by atoms with E-state index in [2.05, 4.69) is 15.5 Å². The van der Waals surface area contributed by atoms with Crippen LogP contribution in [0.25, 0.3) is 11.4 Å². The van der Waals surface area contributed by atoms with Crippen LogP contribution in [0.15, 0.2) is 81.0 Å². The van der Waals surface area contributed by atoms with Crippen molar-refractivity contribution in [3.05, 3.63) is 88.8 Å². The maximum absolute atomic E-state index is 12.8. The summed E-state index contributed by atoms with van der Waals surface area (Å²) in [4.78, 5) is 33.0. The van der Waals surface area contributed by atoms with Crippen molar-refractivity contribution in [2.24, 2.45) is 0 Å². The van der Waals surface area contributed by atoms with Gasteiger partial charge < -0.3 is 14.7 Å². The van der Waals surface area contributed by atoms with E-state index in [4.69, 9.17) is 16.1 Å². The summed E-state index contributed by atoms with van der Waals surface area (Å²) in [5.41, 5.74) is 3.10. The van der Waals surface area contributed by atoms with Crippen LogP contribution in [0, 0.1) is 0 Å². The Labute approximate surface area is 205 Å². The number of amides is 2. The van der Waals surface area contributed by atoms with Crippen molar-refractivity contribution in [2.45, 2.75) is 22.8 Å². The smallest absolute Gasteiger partial charge is 0.259 e. The summed E-state index contributed by atoms with van der Waals surface area (Å²) in [6.07, 6.45) is 0.230. The molecule has 0 aliphatic carbocycles. The van der Waals surface area contributed by atoms with Crippen molar-refractivity contribution in [1.29, 1.82) is 0 Å². The Balaban J connectivity index is 1.30. The molecule has 2 heterocycles. The molecule has 170 valence electrons. The maximum atomic E-state index is 12.8. The first-order valence-corrected chi connectivity index (χ1v) is 11.7. The van der Waals surface area contributed by atoms with Crippen LogP contribution < -0.4 is 10.2 Å². The first-order valence-electron chi connectivity index (χ1n) is 10.5. The number of benzene rings is 3. The number of aromatic nitrogens is 2. The van der Waals surface area contributed by atoms with Crippen LogP contribution in [0.5, 0.6) is 0 Å². The molecular weight excluding hydrogens is 472 g/mol. The lowest BCUT2D eigenvalue weighted by Gasteiger charge is -2.17. The Kier molecular flexibility index (Phi) is 6.08. The number of nitrogens with one attached hydrogen (secondary N) is 1. The van der Waals surface area contributed by atoms with Crippen molar-refractivity contribution in [1.82, 2.24) is 15.5 Å². The van der Waals surface area contributed by atoms with Gasteiger partial charge in [0.15, 0.2) is 0 Å². The third-order valence-electron chi connectivity index (χ3n) is 5.40. The van der Waals surface area contributed by atoms with Gasteiger partial charge in [0.2, 0.25) is 17.6 Å². The van der Waals surface area contributed by atoms with Crippen LogP contribution in [-0.4, -0.2) is 29.0 Å². The molecule has 1 aliphatic rings. The van der Waals surface area contributed by atoms with Gasteiger partial charge in [-0.2, -0.15) is 4.98 Å². The second-order valence-electron chi connectivity index (χ2n) is 7.74. The van der Waals surface area contributed by atoms with Crippen molar-refractivity contribution in [3.63, 3.8) is 0 Å². The summed E-state index contributed by atoms with van der Waals surface area (Å²) < 4.78 is 5.33. The summed E-state index contributed by atoms with van der Waals surface area (Å²) in [5, 5.41) is 7.48. The van der Waals surface area contributed by atoms with Crippen molar-refractivity contribution >= 4 is 40.9 Å². The van der Waals surface area contributed by atoms with Crippen LogP contribution in [0.4, 0.5) is 5.69 Å². The first kappa shape index (κ1) is 22.2. The van der Waals surface area contributed by atoms with Crippen molar-refractivity contribution in [2.75, 3.05) is 11.9 Å². The largest absolute Gasteiger partial charge is 0.347 e. The van der Waals surface area contributed by atoms with Crippen LogP contribution >= 0.6 is 23.4 Å². The molecule has 0 radical (unpaired) electrons. The minimum Gasteiger partial charge on any atom is -0.347 e. The molecule has 0 spiro atoms. The van der Waals surface area contributed by atoms with Gasteiger partial charge >= 0.3 is 0 Å². The fraction of sp³-hybridized carbons (Fsp3) is 0.120. The summed E-state index contributed by atoms with van der Waals surface area (Å²) in [6.45, 7) is 0.129.